The molecule has 0 aromatic heterocycles. The third-order valence-electron chi connectivity index (χ3n) is 1.97. The zero-order valence-electron chi connectivity index (χ0n) is 8.60. The summed E-state index contributed by atoms with van der Waals surface area (Å²) in [6.07, 6.45) is 1.80. The van der Waals surface area contributed by atoms with Gasteiger partial charge in [0, 0.05) is 18.6 Å². The molecule has 0 radical (unpaired) electrons. The molecule has 1 fully saturated rings. The molecule has 5 nitrogen and oxygen atoms in total. The van der Waals surface area contributed by atoms with Crippen molar-refractivity contribution >= 4 is 10.2 Å². The van der Waals surface area contributed by atoms with Crippen molar-refractivity contribution in [1.82, 2.24) is 9.03 Å². The molecule has 0 saturated heterocycles. The normalized spacial score (nSPS) is 18.1. The second kappa shape index (κ2) is 4.57. The fourth-order valence-electron chi connectivity index (χ4n) is 1.33. The van der Waals surface area contributed by atoms with E-state index in [0.717, 1.165) is 12.8 Å². The largest absolute Gasteiger partial charge is 0.395 e. The number of rotatable bonds is 6. The first-order valence-corrected chi connectivity index (χ1v) is 6.31. The van der Waals surface area contributed by atoms with Gasteiger partial charge in [0.05, 0.1) is 6.61 Å². The predicted octanol–water partition coefficient (Wildman–Crippen LogP) is -0.314. The van der Waals surface area contributed by atoms with Crippen molar-refractivity contribution in [2.24, 2.45) is 0 Å². The number of aliphatic hydroxyl groups excluding tert-OH is 1. The van der Waals surface area contributed by atoms with Crippen LogP contribution in [0.4, 0.5) is 0 Å². The van der Waals surface area contributed by atoms with Crippen LogP contribution in [0.25, 0.3) is 0 Å². The van der Waals surface area contributed by atoms with E-state index in [1.807, 2.05) is 0 Å². The molecule has 0 aromatic carbocycles. The number of aliphatic hydroxyl groups is 1. The Bertz CT molecular complexity index is 272. The van der Waals surface area contributed by atoms with Gasteiger partial charge in [-0.25, -0.2) is 0 Å². The van der Waals surface area contributed by atoms with Gasteiger partial charge >= 0.3 is 0 Å². The molecule has 0 atom stereocenters. The van der Waals surface area contributed by atoms with Crippen molar-refractivity contribution in [2.75, 3.05) is 13.2 Å². The lowest BCUT2D eigenvalue weighted by atomic mass is 10.4. The highest BCUT2D eigenvalue weighted by molar-refractivity contribution is 7.87. The minimum Gasteiger partial charge on any atom is -0.395 e. The first-order chi connectivity index (χ1) is 6.47. The maximum Gasteiger partial charge on any atom is 0.280 e. The van der Waals surface area contributed by atoms with E-state index in [9.17, 15) is 8.42 Å². The third-order valence-corrected chi connectivity index (χ3v) is 3.84. The van der Waals surface area contributed by atoms with Gasteiger partial charge < -0.3 is 5.11 Å². The zero-order chi connectivity index (χ0) is 10.8. The summed E-state index contributed by atoms with van der Waals surface area (Å²) >= 11 is 0. The Labute approximate surface area is 85.3 Å². The minimum absolute atomic E-state index is 0.0957. The average molecular weight is 222 g/mol. The molecule has 1 aliphatic rings. The summed E-state index contributed by atoms with van der Waals surface area (Å²) in [5, 5.41) is 8.78. The van der Waals surface area contributed by atoms with Gasteiger partial charge in [-0.1, -0.05) is 0 Å². The Morgan fingerprint density at radius 2 is 2.07 bits per heavy atom. The van der Waals surface area contributed by atoms with Crippen LogP contribution in [0.3, 0.4) is 0 Å². The SMILES string of the molecule is CC(C)NS(=O)(=O)N(CCO)C1CC1. The van der Waals surface area contributed by atoms with E-state index in [1.165, 1.54) is 4.31 Å². The summed E-state index contributed by atoms with van der Waals surface area (Å²) in [5.74, 6) is 0. The molecule has 14 heavy (non-hydrogen) atoms. The molecule has 0 spiro atoms. The topological polar surface area (TPSA) is 69.6 Å². The molecule has 2 N–H and O–H groups in total. The lowest BCUT2D eigenvalue weighted by Gasteiger charge is -2.22. The van der Waals surface area contributed by atoms with Gasteiger partial charge in [0.15, 0.2) is 0 Å². The van der Waals surface area contributed by atoms with Crippen molar-refractivity contribution in [3.8, 4) is 0 Å². The fraction of sp³-hybridized carbons (Fsp3) is 1.00. The van der Waals surface area contributed by atoms with E-state index >= 15 is 0 Å². The van der Waals surface area contributed by atoms with E-state index in [2.05, 4.69) is 4.72 Å². The van der Waals surface area contributed by atoms with Gasteiger partial charge in [0.25, 0.3) is 10.2 Å². The van der Waals surface area contributed by atoms with Crippen LogP contribution in [0.5, 0.6) is 0 Å². The smallest absolute Gasteiger partial charge is 0.280 e. The van der Waals surface area contributed by atoms with Crippen LogP contribution in [-0.4, -0.2) is 43.1 Å². The minimum atomic E-state index is -3.40. The maximum atomic E-state index is 11.7. The van der Waals surface area contributed by atoms with Crippen molar-refractivity contribution in [1.29, 1.82) is 0 Å². The van der Waals surface area contributed by atoms with E-state index in [1.54, 1.807) is 13.8 Å². The quantitative estimate of drug-likeness (QED) is 0.647. The Morgan fingerprint density at radius 3 is 2.43 bits per heavy atom. The molecule has 84 valence electrons. The molecule has 0 aliphatic heterocycles. The van der Waals surface area contributed by atoms with Crippen LogP contribution in [0, 0.1) is 0 Å². The molecule has 0 amide bonds. The molecule has 6 heteroatoms. The Kier molecular flexibility index (Phi) is 3.88. The van der Waals surface area contributed by atoms with Gasteiger partial charge in [0.2, 0.25) is 0 Å². The number of nitrogens with one attached hydrogen (secondary N) is 1. The first kappa shape index (κ1) is 11.9. The lowest BCUT2D eigenvalue weighted by Crippen LogP contribution is -2.45. The van der Waals surface area contributed by atoms with Crippen molar-refractivity contribution < 1.29 is 13.5 Å². The predicted molar refractivity (Wildman–Crippen MR) is 54.0 cm³/mol. The molecule has 1 saturated carbocycles. The Morgan fingerprint density at radius 1 is 1.50 bits per heavy atom. The summed E-state index contributed by atoms with van der Waals surface area (Å²) in [5.41, 5.74) is 0. The lowest BCUT2D eigenvalue weighted by molar-refractivity contribution is 0.248. The second-order valence-electron chi connectivity index (χ2n) is 3.84. The maximum absolute atomic E-state index is 11.7. The Hall–Kier alpha value is -0.170. The molecular formula is C8H18N2O3S. The van der Waals surface area contributed by atoms with E-state index in [-0.39, 0.29) is 25.2 Å². The summed E-state index contributed by atoms with van der Waals surface area (Å²) in [6.45, 7) is 3.62. The monoisotopic (exact) mass is 222 g/mol. The number of nitrogens with zero attached hydrogens (tertiary/aromatic N) is 1. The molecule has 1 aliphatic carbocycles. The van der Waals surface area contributed by atoms with Crippen LogP contribution in [0.15, 0.2) is 0 Å². The second-order valence-corrected chi connectivity index (χ2v) is 5.50. The third kappa shape index (κ3) is 3.20. The molecule has 0 unspecified atom stereocenters. The summed E-state index contributed by atoms with van der Waals surface area (Å²) < 4.78 is 27.3. The van der Waals surface area contributed by atoms with Crippen molar-refractivity contribution in [3.63, 3.8) is 0 Å². The number of hydrogen-bond donors (Lipinski definition) is 2. The highest BCUT2D eigenvalue weighted by Gasteiger charge is 2.36. The molecule has 1 rings (SSSR count). The van der Waals surface area contributed by atoms with Crippen LogP contribution in [0.1, 0.15) is 26.7 Å². The fourth-order valence-corrected chi connectivity index (χ4v) is 2.98. The average Bonchev–Trinajstić information content (AvgIpc) is 2.79. The summed E-state index contributed by atoms with van der Waals surface area (Å²) in [7, 11) is -3.40. The molecule has 0 heterocycles. The van der Waals surface area contributed by atoms with Gasteiger partial charge in [-0.3, -0.25) is 0 Å². The Balaban J connectivity index is 2.65. The molecule has 0 bridgehead atoms. The summed E-state index contributed by atoms with van der Waals surface area (Å²) in [4.78, 5) is 0. The first-order valence-electron chi connectivity index (χ1n) is 4.87. The van der Waals surface area contributed by atoms with Crippen molar-refractivity contribution in [3.05, 3.63) is 0 Å². The van der Waals surface area contributed by atoms with E-state index in [0.29, 0.717) is 0 Å². The number of hydrogen-bond acceptors (Lipinski definition) is 3. The summed E-state index contributed by atoms with van der Waals surface area (Å²) in [6, 6.07) is -0.0154. The highest BCUT2D eigenvalue weighted by Crippen LogP contribution is 2.28. The van der Waals surface area contributed by atoms with Gasteiger partial charge in [-0.15, -0.1) is 0 Å². The van der Waals surface area contributed by atoms with Crippen LogP contribution >= 0.6 is 0 Å². The van der Waals surface area contributed by atoms with Gasteiger partial charge in [-0.05, 0) is 26.7 Å². The standard InChI is InChI=1S/C8H18N2O3S/c1-7(2)9-14(12,13)10(5-6-11)8-3-4-8/h7-9,11H,3-6H2,1-2H3. The zero-order valence-corrected chi connectivity index (χ0v) is 9.42. The van der Waals surface area contributed by atoms with Gasteiger partial charge in [-0.2, -0.15) is 17.4 Å². The van der Waals surface area contributed by atoms with Crippen LogP contribution < -0.4 is 4.72 Å². The van der Waals surface area contributed by atoms with Crippen LogP contribution in [0.2, 0.25) is 0 Å². The highest BCUT2D eigenvalue weighted by atomic mass is 32.2. The molecule has 0 aromatic rings. The van der Waals surface area contributed by atoms with Gasteiger partial charge in [0.1, 0.15) is 0 Å². The van der Waals surface area contributed by atoms with Crippen molar-refractivity contribution in [2.45, 2.75) is 38.8 Å². The van der Waals surface area contributed by atoms with Crippen LogP contribution in [-0.2, 0) is 10.2 Å². The molecular weight excluding hydrogens is 204 g/mol. The van der Waals surface area contributed by atoms with E-state index < -0.39 is 10.2 Å². The van der Waals surface area contributed by atoms with E-state index in [4.69, 9.17) is 5.11 Å².